The van der Waals surface area contributed by atoms with Crippen LogP contribution in [-0.2, 0) is 9.59 Å². The third-order valence-corrected chi connectivity index (χ3v) is 9.21. The second-order valence-corrected chi connectivity index (χ2v) is 12.3. The molecular weight excluding hydrogens is 596 g/mol. The first kappa shape index (κ1) is 31.7. The average molecular weight is 637 g/mol. The first-order valence-corrected chi connectivity index (χ1v) is 15.7. The second-order valence-electron chi connectivity index (χ2n) is 12.3. The van der Waals surface area contributed by atoms with Crippen LogP contribution in [0.5, 0.6) is 0 Å². The van der Waals surface area contributed by atoms with Gasteiger partial charge >= 0.3 is 0 Å². The zero-order valence-electron chi connectivity index (χ0n) is 26.8. The molecule has 5 N–H and O–H groups in total. The minimum Gasteiger partial charge on any atom is -0.397 e. The summed E-state index contributed by atoms with van der Waals surface area (Å²) in [6.07, 6.45) is 6.17. The van der Waals surface area contributed by atoms with E-state index in [1.807, 2.05) is 30.0 Å². The van der Waals surface area contributed by atoms with Crippen molar-refractivity contribution in [2.24, 2.45) is 21.1 Å². The third kappa shape index (κ3) is 6.54. The number of pyridine rings is 3. The molecule has 3 aliphatic heterocycles. The van der Waals surface area contributed by atoms with Crippen molar-refractivity contribution in [3.8, 4) is 0 Å². The molecule has 47 heavy (non-hydrogen) atoms. The number of amides is 2. The molecule has 0 saturated carbocycles. The number of likely N-dealkylation sites (tertiary alicyclic amines) is 1. The van der Waals surface area contributed by atoms with Crippen molar-refractivity contribution in [1.29, 1.82) is 5.41 Å². The standard InChI is InChI=1S/C33H40N12O2/c1-22-3-6-25(38-17-22)29(35)30-24(34)5-8-27(41-30)45-12-10-33(32(45)47)9-11-42(20-33)19-28(46)44-15-13-43(14-16-44)26-7-4-23(18-39-26)31(36)40-21-37-2/h3-8,17-18,21,35H,9-16,19-20,34H2,1-2H3,(H2,36,37,40)/t33-/m0/s1. The topological polar surface area (TPSA) is 186 Å². The number of anilines is 3. The maximum Gasteiger partial charge on any atom is 0.236 e. The Balaban J connectivity index is 1.03. The summed E-state index contributed by atoms with van der Waals surface area (Å²) in [5.74, 6) is 1.74. The normalized spacial score (nSPS) is 20.6. The van der Waals surface area contributed by atoms with Crippen LogP contribution in [0.15, 0.2) is 58.8 Å². The van der Waals surface area contributed by atoms with E-state index in [-0.39, 0.29) is 24.1 Å². The number of rotatable bonds is 8. The first-order chi connectivity index (χ1) is 22.7. The molecule has 0 unspecified atom stereocenters. The Labute approximate surface area is 273 Å². The Kier molecular flexibility index (Phi) is 8.94. The van der Waals surface area contributed by atoms with Crippen LogP contribution in [-0.4, -0.2) is 114 Å². The number of nitrogens with two attached hydrogens (primary N) is 2. The lowest BCUT2D eigenvalue weighted by Crippen LogP contribution is -2.51. The van der Waals surface area contributed by atoms with Gasteiger partial charge in [0.25, 0.3) is 0 Å². The number of hydrogen-bond acceptors (Lipinski definition) is 10. The Morgan fingerprint density at radius 3 is 2.47 bits per heavy atom. The van der Waals surface area contributed by atoms with E-state index in [9.17, 15) is 9.59 Å². The molecule has 2 amide bonds. The number of nitrogens with one attached hydrogen (secondary N) is 1. The molecule has 14 heteroatoms. The summed E-state index contributed by atoms with van der Waals surface area (Å²) in [4.78, 5) is 56.4. The highest BCUT2D eigenvalue weighted by Gasteiger charge is 2.51. The molecule has 3 saturated heterocycles. The zero-order valence-corrected chi connectivity index (χ0v) is 26.8. The molecule has 0 bridgehead atoms. The number of aromatic nitrogens is 3. The van der Waals surface area contributed by atoms with Crippen LogP contribution in [0.4, 0.5) is 17.3 Å². The molecule has 3 aromatic heterocycles. The van der Waals surface area contributed by atoms with E-state index in [1.54, 1.807) is 42.5 Å². The predicted octanol–water partition coefficient (Wildman–Crippen LogP) is 1.32. The lowest BCUT2D eigenvalue weighted by atomic mass is 9.85. The Bertz CT molecular complexity index is 1710. The first-order valence-electron chi connectivity index (χ1n) is 15.7. The highest BCUT2D eigenvalue weighted by atomic mass is 16.2. The number of aliphatic imine (C=N–C) groups is 2. The number of nitrogen functional groups attached to an aromatic ring is 1. The quantitative estimate of drug-likeness (QED) is 0.242. The second kappa shape index (κ2) is 13.2. The fraction of sp³-hybridized carbons (Fsp3) is 0.394. The molecule has 6 heterocycles. The Morgan fingerprint density at radius 2 is 1.77 bits per heavy atom. The third-order valence-electron chi connectivity index (χ3n) is 9.21. The van der Waals surface area contributed by atoms with Crippen molar-refractivity contribution in [2.45, 2.75) is 19.8 Å². The summed E-state index contributed by atoms with van der Waals surface area (Å²) < 4.78 is 0. The predicted molar refractivity (Wildman–Crippen MR) is 182 cm³/mol. The van der Waals surface area contributed by atoms with Crippen molar-refractivity contribution in [2.75, 3.05) is 74.9 Å². The summed E-state index contributed by atoms with van der Waals surface area (Å²) in [5.41, 5.74) is 14.6. The van der Waals surface area contributed by atoms with Crippen molar-refractivity contribution in [3.63, 3.8) is 0 Å². The van der Waals surface area contributed by atoms with Gasteiger partial charge in [-0.05, 0) is 62.2 Å². The largest absolute Gasteiger partial charge is 0.397 e. The number of carbonyl (C=O) groups is 2. The number of aryl methyl sites for hydroxylation is 1. The van der Waals surface area contributed by atoms with Crippen molar-refractivity contribution in [1.82, 2.24) is 24.8 Å². The van der Waals surface area contributed by atoms with Crippen LogP contribution in [0.2, 0.25) is 0 Å². The van der Waals surface area contributed by atoms with Crippen LogP contribution in [0.25, 0.3) is 0 Å². The molecule has 0 radical (unpaired) electrons. The summed E-state index contributed by atoms with van der Waals surface area (Å²) in [6.45, 7) is 6.51. The zero-order chi connectivity index (χ0) is 33.1. The number of nitrogens with zero attached hydrogens (tertiary/aromatic N) is 9. The summed E-state index contributed by atoms with van der Waals surface area (Å²) in [5, 5.41) is 8.66. The number of hydrogen-bond donors (Lipinski definition) is 3. The van der Waals surface area contributed by atoms with Crippen LogP contribution in [0.1, 0.15) is 35.4 Å². The van der Waals surface area contributed by atoms with E-state index in [1.165, 1.54) is 6.34 Å². The fourth-order valence-electron chi connectivity index (χ4n) is 6.45. The molecular formula is C33H40N12O2. The molecule has 3 fully saturated rings. The maximum absolute atomic E-state index is 13.8. The molecule has 1 atom stereocenters. The van der Waals surface area contributed by atoms with Gasteiger partial charge < -0.3 is 21.3 Å². The van der Waals surface area contributed by atoms with Gasteiger partial charge in [-0.15, -0.1) is 0 Å². The maximum atomic E-state index is 13.8. The van der Waals surface area contributed by atoms with Gasteiger partial charge in [-0.25, -0.2) is 15.0 Å². The monoisotopic (exact) mass is 636 g/mol. The lowest BCUT2D eigenvalue weighted by molar-refractivity contribution is -0.133. The lowest BCUT2D eigenvalue weighted by Gasteiger charge is -2.36. The van der Waals surface area contributed by atoms with Gasteiger partial charge in [0.2, 0.25) is 11.8 Å². The highest BCUT2D eigenvalue weighted by molar-refractivity contribution is 6.12. The summed E-state index contributed by atoms with van der Waals surface area (Å²) in [7, 11) is 1.63. The molecule has 6 rings (SSSR count). The smallest absolute Gasteiger partial charge is 0.236 e. The van der Waals surface area contributed by atoms with Gasteiger partial charge in [-0.2, -0.15) is 0 Å². The number of amidine groups is 1. The molecule has 1 spiro atoms. The summed E-state index contributed by atoms with van der Waals surface area (Å²) >= 11 is 0. The van der Waals surface area contributed by atoms with E-state index in [4.69, 9.17) is 16.9 Å². The van der Waals surface area contributed by atoms with Crippen molar-refractivity contribution >= 4 is 47.0 Å². The molecule has 14 nitrogen and oxygen atoms in total. The SMILES string of the molecule is CN=CN=C(N)c1ccc(N2CCN(C(=O)CN3CC[C@]4(CCN(c5ccc(N)c(C(=N)c6ccc(C)cn6)n5)C4=O)C3)CC2)nc1. The number of carbonyl (C=O) groups excluding carboxylic acids is 2. The van der Waals surface area contributed by atoms with Gasteiger partial charge in [-0.1, -0.05) is 6.07 Å². The van der Waals surface area contributed by atoms with Crippen LogP contribution < -0.4 is 21.3 Å². The molecule has 244 valence electrons. The van der Waals surface area contributed by atoms with Crippen LogP contribution in [0.3, 0.4) is 0 Å². The van der Waals surface area contributed by atoms with E-state index in [2.05, 4.69) is 34.7 Å². The molecule has 0 aromatic carbocycles. The van der Waals surface area contributed by atoms with Crippen LogP contribution >= 0.6 is 0 Å². The highest BCUT2D eigenvalue weighted by Crippen LogP contribution is 2.42. The van der Waals surface area contributed by atoms with E-state index in [0.29, 0.717) is 87.4 Å². The van der Waals surface area contributed by atoms with Crippen LogP contribution in [0, 0.1) is 17.7 Å². The van der Waals surface area contributed by atoms with Gasteiger partial charge in [0.05, 0.1) is 23.3 Å². The minimum atomic E-state index is -0.552. The minimum absolute atomic E-state index is 0.00863. The van der Waals surface area contributed by atoms with E-state index < -0.39 is 5.41 Å². The molecule has 3 aromatic rings. The number of piperazine rings is 1. The van der Waals surface area contributed by atoms with Gasteiger partial charge in [0, 0.05) is 64.3 Å². The van der Waals surface area contributed by atoms with Gasteiger partial charge in [0.1, 0.15) is 35.2 Å². The Morgan fingerprint density at radius 1 is 1.00 bits per heavy atom. The van der Waals surface area contributed by atoms with Crippen molar-refractivity contribution in [3.05, 3.63) is 71.3 Å². The van der Waals surface area contributed by atoms with E-state index in [0.717, 1.165) is 16.9 Å². The molecule has 0 aliphatic carbocycles. The van der Waals surface area contributed by atoms with E-state index >= 15 is 0 Å². The fourth-order valence-corrected chi connectivity index (χ4v) is 6.45. The molecule has 3 aliphatic rings. The van der Waals surface area contributed by atoms with Gasteiger partial charge in [0.15, 0.2) is 0 Å². The summed E-state index contributed by atoms with van der Waals surface area (Å²) in [6, 6.07) is 10.9. The average Bonchev–Trinajstić information content (AvgIpc) is 3.65. The van der Waals surface area contributed by atoms with Gasteiger partial charge in [-0.3, -0.25) is 34.8 Å². The van der Waals surface area contributed by atoms with Crippen molar-refractivity contribution < 1.29 is 9.59 Å². The Hall–Kier alpha value is -5.24.